The van der Waals surface area contributed by atoms with Crippen molar-refractivity contribution in [2.24, 2.45) is 0 Å². The number of anilines is 2. The Morgan fingerprint density at radius 1 is 1.38 bits per heavy atom. The number of nitrogen functional groups attached to an aromatic ring is 1. The summed E-state index contributed by atoms with van der Waals surface area (Å²) in [6.07, 6.45) is 1.01. The zero-order valence-corrected chi connectivity index (χ0v) is 13.3. The van der Waals surface area contributed by atoms with Crippen molar-refractivity contribution in [1.82, 2.24) is 9.78 Å². The third kappa shape index (κ3) is 3.78. The Kier molecular flexibility index (Phi) is 4.90. The fraction of sp³-hybridized carbons (Fsp3) is 0.333. The normalized spacial score (nSPS) is 10.6. The van der Waals surface area contributed by atoms with Crippen molar-refractivity contribution in [1.29, 1.82) is 0 Å². The minimum Gasteiger partial charge on any atom is -0.395 e. The largest absolute Gasteiger partial charge is 0.395 e. The van der Waals surface area contributed by atoms with E-state index in [0.717, 1.165) is 40.0 Å². The van der Waals surface area contributed by atoms with Crippen LogP contribution in [0.15, 0.2) is 34.2 Å². The standard InChI is InChI=1S/C15H20N4OS/c1-4-9-19-15(14(16)10(2)18-19)21-13-7-5-12(6-8-13)17-11(3)20/h5-8H,4,9,16H2,1-3H3,(H,17,20). The number of aromatic nitrogens is 2. The van der Waals surface area contributed by atoms with Crippen LogP contribution in [0.5, 0.6) is 0 Å². The molecule has 6 heteroatoms. The summed E-state index contributed by atoms with van der Waals surface area (Å²) < 4.78 is 1.96. The van der Waals surface area contributed by atoms with Gasteiger partial charge in [-0.1, -0.05) is 18.7 Å². The molecule has 0 unspecified atom stereocenters. The monoisotopic (exact) mass is 304 g/mol. The number of benzene rings is 1. The molecule has 0 bridgehead atoms. The van der Waals surface area contributed by atoms with Gasteiger partial charge in [0.05, 0.1) is 11.4 Å². The average Bonchev–Trinajstić information content (AvgIpc) is 2.69. The fourth-order valence-corrected chi connectivity index (χ4v) is 2.96. The van der Waals surface area contributed by atoms with E-state index >= 15 is 0 Å². The maximum atomic E-state index is 11.0. The van der Waals surface area contributed by atoms with Crippen LogP contribution < -0.4 is 11.1 Å². The average molecular weight is 304 g/mol. The first-order valence-electron chi connectivity index (χ1n) is 6.89. The van der Waals surface area contributed by atoms with E-state index in [0.29, 0.717) is 0 Å². The molecule has 2 aromatic rings. The molecule has 21 heavy (non-hydrogen) atoms. The van der Waals surface area contributed by atoms with Crippen molar-refractivity contribution >= 4 is 29.0 Å². The Bertz CT molecular complexity index is 634. The second kappa shape index (κ2) is 6.67. The Labute approximate surface area is 128 Å². The first-order valence-corrected chi connectivity index (χ1v) is 7.71. The van der Waals surface area contributed by atoms with E-state index in [-0.39, 0.29) is 5.91 Å². The first kappa shape index (κ1) is 15.4. The van der Waals surface area contributed by atoms with Gasteiger partial charge in [0.25, 0.3) is 0 Å². The molecule has 1 aromatic carbocycles. The number of nitrogens with zero attached hydrogens (tertiary/aromatic N) is 2. The Hall–Kier alpha value is -1.95. The van der Waals surface area contributed by atoms with Crippen LogP contribution in [-0.4, -0.2) is 15.7 Å². The smallest absolute Gasteiger partial charge is 0.221 e. The Morgan fingerprint density at radius 2 is 2.05 bits per heavy atom. The van der Waals surface area contributed by atoms with E-state index < -0.39 is 0 Å². The van der Waals surface area contributed by atoms with Gasteiger partial charge in [-0.25, -0.2) is 0 Å². The quantitative estimate of drug-likeness (QED) is 0.889. The number of nitrogens with two attached hydrogens (primary N) is 1. The maximum absolute atomic E-state index is 11.0. The van der Waals surface area contributed by atoms with Gasteiger partial charge in [-0.2, -0.15) is 5.10 Å². The predicted octanol–water partition coefficient (Wildman–Crippen LogP) is 3.29. The number of hydrogen-bond donors (Lipinski definition) is 2. The molecule has 0 atom stereocenters. The highest BCUT2D eigenvalue weighted by molar-refractivity contribution is 7.99. The molecule has 1 amide bonds. The number of carbonyl (C=O) groups is 1. The van der Waals surface area contributed by atoms with Crippen molar-refractivity contribution in [2.75, 3.05) is 11.1 Å². The maximum Gasteiger partial charge on any atom is 0.221 e. The molecule has 0 saturated heterocycles. The molecule has 0 aliphatic carbocycles. The summed E-state index contributed by atoms with van der Waals surface area (Å²) in [4.78, 5) is 12.1. The molecule has 1 aromatic heterocycles. The van der Waals surface area contributed by atoms with E-state index in [1.54, 1.807) is 11.8 Å². The Morgan fingerprint density at radius 3 is 2.62 bits per heavy atom. The Balaban J connectivity index is 2.19. The van der Waals surface area contributed by atoms with E-state index in [1.165, 1.54) is 6.92 Å². The molecule has 3 N–H and O–H groups in total. The van der Waals surface area contributed by atoms with Crippen LogP contribution in [0, 0.1) is 6.92 Å². The van der Waals surface area contributed by atoms with Gasteiger partial charge in [-0.3, -0.25) is 9.48 Å². The SMILES string of the molecule is CCCn1nc(C)c(N)c1Sc1ccc(NC(C)=O)cc1. The van der Waals surface area contributed by atoms with Gasteiger partial charge in [0.1, 0.15) is 5.03 Å². The number of carbonyl (C=O) groups excluding carboxylic acids is 1. The first-order chi connectivity index (χ1) is 10.0. The van der Waals surface area contributed by atoms with Crippen LogP contribution >= 0.6 is 11.8 Å². The summed E-state index contributed by atoms with van der Waals surface area (Å²) in [5.41, 5.74) is 8.50. The van der Waals surface area contributed by atoms with Gasteiger partial charge in [0.2, 0.25) is 5.91 Å². The van der Waals surface area contributed by atoms with Gasteiger partial charge in [0.15, 0.2) is 0 Å². The van der Waals surface area contributed by atoms with Gasteiger partial charge in [0, 0.05) is 24.1 Å². The lowest BCUT2D eigenvalue weighted by molar-refractivity contribution is -0.114. The number of nitrogens with one attached hydrogen (secondary N) is 1. The van der Waals surface area contributed by atoms with Crippen LogP contribution in [0.2, 0.25) is 0 Å². The summed E-state index contributed by atoms with van der Waals surface area (Å²) in [6.45, 7) is 6.38. The summed E-state index contributed by atoms with van der Waals surface area (Å²) >= 11 is 1.59. The third-order valence-corrected chi connectivity index (χ3v) is 4.08. The highest BCUT2D eigenvalue weighted by atomic mass is 32.2. The molecule has 5 nitrogen and oxygen atoms in total. The molecular weight excluding hydrogens is 284 g/mol. The van der Waals surface area contributed by atoms with Crippen LogP contribution in [0.1, 0.15) is 26.0 Å². The lowest BCUT2D eigenvalue weighted by Crippen LogP contribution is -2.05. The molecule has 1 heterocycles. The van der Waals surface area contributed by atoms with Crippen molar-refractivity contribution in [3.8, 4) is 0 Å². The lowest BCUT2D eigenvalue weighted by atomic mass is 10.3. The minimum absolute atomic E-state index is 0.0729. The van der Waals surface area contributed by atoms with E-state index in [2.05, 4.69) is 17.3 Å². The zero-order chi connectivity index (χ0) is 15.4. The van der Waals surface area contributed by atoms with Crippen LogP contribution in [-0.2, 0) is 11.3 Å². The molecule has 2 rings (SSSR count). The predicted molar refractivity (Wildman–Crippen MR) is 86.5 cm³/mol. The summed E-state index contributed by atoms with van der Waals surface area (Å²) in [7, 11) is 0. The summed E-state index contributed by atoms with van der Waals surface area (Å²) in [5, 5.41) is 8.19. The zero-order valence-electron chi connectivity index (χ0n) is 12.5. The number of aryl methyl sites for hydroxylation is 2. The number of rotatable bonds is 5. The summed E-state index contributed by atoms with van der Waals surface area (Å²) in [6, 6.07) is 7.70. The van der Waals surface area contributed by atoms with Crippen molar-refractivity contribution in [3.05, 3.63) is 30.0 Å². The fourth-order valence-electron chi connectivity index (χ4n) is 1.97. The van der Waals surface area contributed by atoms with Gasteiger partial charge in [-0.15, -0.1) is 0 Å². The molecular formula is C15H20N4OS. The minimum atomic E-state index is -0.0729. The molecule has 0 saturated carbocycles. The highest BCUT2D eigenvalue weighted by Gasteiger charge is 2.13. The van der Waals surface area contributed by atoms with Gasteiger partial charge < -0.3 is 11.1 Å². The third-order valence-electron chi connectivity index (χ3n) is 2.95. The highest BCUT2D eigenvalue weighted by Crippen LogP contribution is 2.34. The molecule has 0 aliphatic heterocycles. The molecule has 0 radical (unpaired) electrons. The molecule has 0 aliphatic rings. The van der Waals surface area contributed by atoms with Crippen LogP contribution in [0.3, 0.4) is 0 Å². The van der Waals surface area contributed by atoms with E-state index in [4.69, 9.17) is 5.73 Å². The van der Waals surface area contributed by atoms with Crippen molar-refractivity contribution in [3.63, 3.8) is 0 Å². The molecule has 112 valence electrons. The molecule has 0 fully saturated rings. The van der Waals surface area contributed by atoms with E-state index in [1.807, 2.05) is 35.9 Å². The van der Waals surface area contributed by atoms with E-state index in [9.17, 15) is 4.79 Å². The second-order valence-corrected chi connectivity index (χ2v) is 5.90. The van der Waals surface area contributed by atoms with Crippen LogP contribution in [0.25, 0.3) is 0 Å². The lowest BCUT2D eigenvalue weighted by Gasteiger charge is -2.08. The topological polar surface area (TPSA) is 72.9 Å². The number of amides is 1. The van der Waals surface area contributed by atoms with Crippen molar-refractivity contribution in [2.45, 2.75) is 43.7 Å². The van der Waals surface area contributed by atoms with Gasteiger partial charge >= 0.3 is 0 Å². The molecule has 0 spiro atoms. The second-order valence-electron chi connectivity index (χ2n) is 4.84. The summed E-state index contributed by atoms with van der Waals surface area (Å²) in [5.74, 6) is -0.0729. The number of hydrogen-bond acceptors (Lipinski definition) is 4. The van der Waals surface area contributed by atoms with Crippen molar-refractivity contribution < 1.29 is 4.79 Å². The van der Waals surface area contributed by atoms with Crippen LogP contribution in [0.4, 0.5) is 11.4 Å². The van der Waals surface area contributed by atoms with Gasteiger partial charge in [-0.05, 0) is 37.6 Å².